The predicted octanol–water partition coefficient (Wildman–Crippen LogP) is 2.06. The lowest BCUT2D eigenvalue weighted by atomic mass is 10.2. The van der Waals surface area contributed by atoms with Crippen LogP contribution in [-0.4, -0.2) is 48.7 Å². The molecule has 0 heterocycles. The number of ether oxygens (including phenoxy) is 1. The summed E-state index contributed by atoms with van der Waals surface area (Å²) in [6.07, 6.45) is 0.0588. The maximum Gasteiger partial charge on any atom is 0.335 e. The molecule has 1 aromatic rings. The van der Waals surface area contributed by atoms with E-state index in [0.29, 0.717) is 0 Å². The van der Waals surface area contributed by atoms with Gasteiger partial charge in [0.15, 0.2) is 0 Å². The fourth-order valence-corrected chi connectivity index (χ4v) is 1.59. The third kappa shape index (κ3) is 4.96. The van der Waals surface area contributed by atoms with E-state index in [-0.39, 0.29) is 29.2 Å². The van der Waals surface area contributed by atoms with Crippen molar-refractivity contribution in [1.82, 2.24) is 4.90 Å². The van der Waals surface area contributed by atoms with Gasteiger partial charge in [0.05, 0.1) is 29.8 Å². The zero-order valence-electron chi connectivity index (χ0n) is 11.6. The summed E-state index contributed by atoms with van der Waals surface area (Å²) >= 11 is 5.90. The molecule has 0 fully saturated rings. The molecule has 0 radical (unpaired) electrons. The number of carboxylic acids is 1. The first-order chi connectivity index (χ1) is 9.85. The molecule has 1 aromatic carbocycles. The van der Waals surface area contributed by atoms with Gasteiger partial charge in [-0.2, -0.15) is 0 Å². The van der Waals surface area contributed by atoms with E-state index in [0.717, 1.165) is 0 Å². The monoisotopic (exact) mass is 314 g/mol. The van der Waals surface area contributed by atoms with Crippen molar-refractivity contribution >= 4 is 35.3 Å². The molecule has 0 aliphatic carbocycles. The number of halogens is 1. The summed E-state index contributed by atoms with van der Waals surface area (Å²) in [5.41, 5.74) is 0.193. The number of methoxy groups -OCH3 is 1. The lowest BCUT2D eigenvalue weighted by Crippen LogP contribution is -2.33. The minimum atomic E-state index is -1.12. The van der Waals surface area contributed by atoms with Crippen molar-refractivity contribution in [3.05, 3.63) is 28.8 Å². The SMILES string of the molecule is COC(=O)CCN(C)C(=O)Nc1cc(C(=O)O)ccc1Cl. The molecule has 0 spiro atoms. The maximum atomic E-state index is 11.9. The van der Waals surface area contributed by atoms with Gasteiger partial charge in [0, 0.05) is 13.6 Å². The molecule has 7 nitrogen and oxygen atoms in total. The van der Waals surface area contributed by atoms with E-state index in [4.69, 9.17) is 16.7 Å². The number of carbonyl (C=O) groups is 3. The first kappa shape index (κ1) is 16.8. The third-order valence-corrected chi connectivity index (χ3v) is 3.01. The average Bonchev–Trinajstić information content (AvgIpc) is 2.46. The van der Waals surface area contributed by atoms with Gasteiger partial charge in [-0.3, -0.25) is 4.79 Å². The zero-order valence-corrected chi connectivity index (χ0v) is 12.3. The number of nitrogens with one attached hydrogen (secondary N) is 1. The summed E-state index contributed by atoms with van der Waals surface area (Å²) in [6.45, 7) is 0.161. The Hall–Kier alpha value is -2.28. The molecule has 21 heavy (non-hydrogen) atoms. The lowest BCUT2D eigenvalue weighted by molar-refractivity contribution is -0.140. The second kappa shape index (κ2) is 7.49. The summed E-state index contributed by atoms with van der Waals surface area (Å²) in [4.78, 5) is 35.0. The molecule has 0 aliphatic rings. The Kier molecular flexibility index (Phi) is 5.98. The van der Waals surface area contributed by atoms with Crippen LogP contribution in [0, 0.1) is 0 Å². The number of benzene rings is 1. The number of urea groups is 1. The molecule has 0 saturated carbocycles. The minimum absolute atomic E-state index is 0.00640. The fraction of sp³-hybridized carbons (Fsp3) is 0.308. The van der Waals surface area contributed by atoms with Gasteiger partial charge in [-0.25, -0.2) is 9.59 Å². The van der Waals surface area contributed by atoms with Crippen LogP contribution in [0.3, 0.4) is 0 Å². The smallest absolute Gasteiger partial charge is 0.335 e. The van der Waals surface area contributed by atoms with Gasteiger partial charge in [0.1, 0.15) is 0 Å². The number of carboxylic acid groups (broad SMARTS) is 1. The van der Waals surface area contributed by atoms with Crippen molar-refractivity contribution in [2.75, 3.05) is 26.0 Å². The highest BCUT2D eigenvalue weighted by Crippen LogP contribution is 2.23. The Morgan fingerprint density at radius 1 is 1.38 bits per heavy atom. The van der Waals surface area contributed by atoms with Gasteiger partial charge in [-0.05, 0) is 18.2 Å². The Morgan fingerprint density at radius 2 is 2.05 bits per heavy atom. The van der Waals surface area contributed by atoms with Crippen LogP contribution in [0.15, 0.2) is 18.2 Å². The van der Waals surface area contributed by atoms with Crippen LogP contribution >= 0.6 is 11.6 Å². The molecule has 8 heteroatoms. The van der Waals surface area contributed by atoms with E-state index in [2.05, 4.69) is 10.1 Å². The Labute approximate surface area is 126 Å². The van der Waals surface area contributed by atoms with E-state index in [1.807, 2.05) is 0 Å². The van der Waals surface area contributed by atoms with Crippen LogP contribution in [0.5, 0.6) is 0 Å². The Bertz CT molecular complexity index is 561. The average molecular weight is 315 g/mol. The number of rotatable bonds is 5. The summed E-state index contributed by atoms with van der Waals surface area (Å²) in [5, 5.41) is 11.6. The number of nitrogens with zero attached hydrogens (tertiary/aromatic N) is 1. The van der Waals surface area contributed by atoms with Crippen molar-refractivity contribution in [2.24, 2.45) is 0 Å². The van der Waals surface area contributed by atoms with Gasteiger partial charge in [-0.1, -0.05) is 11.6 Å². The second-order valence-electron chi connectivity index (χ2n) is 4.18. The Morgan fingerprint density at radius 3 is 2.62 bits per heavy atom. The van der Waals surface area contributed by atoms with Gasteiger partial charge in [0.2, 0.25) is 0 Å². The number of aromatic carboxylic acids is 1. The van der Waals surface area contributed by atoms with Crippen molar-refractivity contribution in [3.63, 3.8) is 0 Å². The van der Waals surface area contributed by atoms with Crippen LogP contribution in [0.25, 0.3) is 0 Å². The van der Waals surface area contributed by atoms with Gasteiger partial charge < -0.3 is 20.1 Å². The number of anilines is 1. The number of amides is 2. The van der Waals surface area contributed by atoms with E-state index in [1.165, 1.54) is 37.3 Å². The predicted molar refractivity (Wildman–Crippen MR) is 76.7 cm³/mol. The maximum absolute atomic E-state index is 11.9. The largest absolute Gasteiger partial charge is 0.478 e. The molecular weight excluding hydrogens is 300 g/mol. The topological polar surface area (TPSA) is 95.9 Å². The van der Waals surface area contributed by atoms with Crippen LogP contribution in [0.1, 0.15) is 16.8 Å². The molecule has 2 N–H and O–H groups in total. The van der Waals surface area contributed by atoms with E-state index >= 15 is 0 Å². The van der Waals surface area contributed by atoms with Crippen LogP contribution in [0.2, 0.25) is 5.02 Å². The lowest BCUT2D eigenvalue weighted by Gasteiger charge is -2.18. The second-order valence-corrected chi connectivity index (χ2v) is 4.58. The third-order valence-electron chi connectivity index (χ3n) is 2.68. The van der Waals surface area contributed by atoms with E-state index in [9.17, 15) is 14.4 Å². The first-order valence-corrected chi connectivity index (χ1v) is 6.34. The van der Waals surface area contributed by atoms with Crippen LogP contribution in [-0.2, 0) is 9.53 Å². The van der Waals surface area contributed by atoms with Crippen LogP contribution in [0.4, 0.5) is 10.5 Å². The number of hydrogen-bond donors (Lipinski definition) is 2. The summed E-state index contributed by atoms with van der Waals surface area (Å²) in [6, 6.07) is 3.47. The van der Waals surface area contributed by atoms with Crippen molar-refractivity contribution < 1.29 is 24.2 Å². The minimum Gasteiger partial charge on any atom is -0.478 e. The van der Waals surface area contributed by atoms with Gasteiger partial charge in [0.25, 0.3) is 0 Å². The molecule has 114 valence electrons. The molecule has 0 saturated heterocycles. The van der Waals surface area contributed by atoms with Gasteiger partial charge >= 0.3 is 18.0 Å². The quantitative estimate of drug-likeness (QED) is 0.811. The molecule has 0 atom stereocenters. The zero-order chi connectivity index (χ0) is 16.0. The molecule has 0 aliphatic heterocycles. The van der Waals surface area contributed by atoms with Crippen molar-refractivity contribution in [1.29, 1.82) is 0 Å². The van der Waals surface area contributed by atoms with Gasteiger partial charge in [-0.15, -0.1) is 0 Å². The molecule has 0 bridgehead atoms. The standard InChI is InChI=1S/C13H15ClN2O5/c1-16(6-5-11(17)21-2)13(20)15-10-7-8(12(18)19)3-4-9(10)14/h3-4,7H,5-6H2,1-2H3,(H,15,20)(H,18,19). The number of hydrogen-bond acceptors (Lipinski definition) is 4. The summed E-state index contributed by atoms with van der Waals surface area (Å²) < 4.78 is 4.48. The normalized spacial score (nSPS) is 9.86. The van der Waals surface area contributed by atoms with Crippen molar-refractivity contribution in [3.8, 4) is 0 Å². The number of carbonyl (C=O) groups excluding carboxylic acids is 2. The van der Waals surface area contributed by atoms with E-state index < -0.39 is 18.0 Å². The highest BCUT2D eigenvalue weighted by molar-refractivity contribution is 6.33. The number of esters is 1. The highest BCUT2D eigenvalue weighted by Gasteiger charge is 2.14. The summed E-state index contributed by atoms with van der Waals surface area (Å²) in [7, 11) is 2.76. The fourth-order valence-electron chi connectivity index (χ4n) is 1.43. The van der Waals surface area contributed by atoms with E-state index in [1.54, 1.807) is 0 Å². The van der Waals surface area contributed by atoms with Crippen LogP contribution < -0.4 is 5.32 Å². The molecule has 0 unspecified atom stereocenters. The molecule has 0 aromatic heterocycles. The molecule has 1 rings (SSSR count). The Balaban J connectivity index is 2.71. The molecule has 2 amide bonds. The summed E-state index contributed by atoms with van der Waals surface area (Å²) in [5.74, 6) is -1.55. The first-order valence-electron chi connectivity index (χ1n) is 5.97. The van der Waals surface area contributed by atoms with Crippen molar-refractivity contribution in [2.45, 2.75) is 6.42 Å². The molecular formula is C13H15ClN2O5. The highest BCUT2D eigenvalue weighted by atomic mass is 35.5.